The molecular formula is C15H16N6O5. The van der Waals surface area contributed by atoms with Crippen molar-refractivity contribution in [3.63, 3.8) is 0 Å². The lowest BCUT2D eigenvalue weighted by molar-refractivity contribution is -0.384. The van der Waals surface area contributed by atoms with Gasteiger partial charge in [-0.05, 0) is 5.56 Å². The molecule has 26 heavy (non-hydrogen) atoms. The Labute approximate surface area is 147 Å². The molecule has 3 rings (SSSR count). The van der Waals surface area contributed by atoms with Gasteiger partial charge in [0.2, 0.25) is 5.91 Å². The summed E-state index contributed by atoms with van der Waals surface area (Å²) >= 11 is 0. The van der Waals surface area contributed by atoms with E-state index in [9.17, 15) is 19.7 Å². The van der Waals surface area contributed by atoms with Crippen LogP contribution in [0.25, 0.3) is 0 Å². The summed E-state index contributed by atoms with van der Waals surface area (Å²) in [7, 11) is 0. The predicted molar refractivity (Wildman–Crippen MR) is 90.5 cm³/mol. The zero-order chi connectivity index (χ0) is 18.7. The van der Waals surface area contributed by atoms with Crippen LogP contribution in [0.4, 0.5) is 17.1 Å². The van der Waals surface area contributed by atoms with E-state index < -0.39 is 29.3 Å². The van der Waals surface area contributed by atoms with E-state index in [2.05, 4.69) is 25.9 Å². The number of H-pyrrole nitrogens is 1. The van der Waals surface area contributed by atoms with Gasteiger partial charge in [-0.2, -0.15) is 0 Å². The molecule has 136 valence electrons. The van der Waals surface area contributed by atoms with Gasteiger partial charge in [0.1, 0.15) is 6.04 Å². The van der Waals surface area contributed by atoms with Crippen LogP contribution in [0.5, 0.6) is 0 Å². The molecule has 1 amide bonds. The maximum absolute atomic E-state index is 12.0. The molecule has 1 unspecified atom stereocenters. The van der Waals surface area contributed by atoms with E-state index in [1.807, 2.05) is 0 Å². The van der Waals surface area contributed by atoms with Gasteiger partial charge >= 0.3 is 5.97 Å². The lowest BCUT2D eigenvalue weighted by Gasteiger charge is -2.27. The minimum absolute atomic E-state index is 0.166. The fourth-order valence-electron chi connectivity index (χ4n) is 2.69. The van der Waals surface area contributed by atoms with E-state index in [0.717, 1.165) is 5.69 Å². The molecule has 11 nitrogen and oxygen atoms in total. The van der Waals surface area contributed by atoms with Crippen molar-refractivity contribution in [2.24, 2.45) is 0 Å². The summed E-state index contributed by atoms with van der Waals surface area (Å²) < 4.78 is 0. The Balaban J connectivity index is 1.85. The first-order valence-electron chi connectivity index (χ1n) is 7.72. The zero-order valence-corrected chi connectivity index (χ0v) is 13.5. The number of anilines is 2. The van der Waals surface area contributed by atoms with Gasteiger partial charge in [0, 0.05) is 37.1 Å². The number of carbonyl (C=O) groups is 2. The molecular weight excluding hydrogens is 344 g/mol. The Morgan fingerprint density at radius 1 is 1.38 bits per heavy atom. The monoisotopic (exact) mass is 360 g/mol. The largest absolute Gasteiger partial charge is 0.481 e. The van der Waals surface area contributed by atoms with Gasteiger partial charge in [0.15, 0.2) is 0 Å². The Morgan fingerprint density at radius 2 is 2.19 bits per heavy atom. The van der Waals surface area contributed by atoms with E-state index in [0.29, 0.717) is 17.8 Å². The number of aromatic amines is 1. The van der Waals surface area contributed by atoms with Crippen LogP contribution in [0.1, 0.15) is 17.7 Å². The molecule has 2 heterocycles. The zero-order valence-electron chi connectivity index (χ0n) is 13.5. The molecule has 0 spiro atoms. The number of carbonyl (C=O) groups excluding carboxylic acids is 1. The SMILES string of the molecule is O=C(O)CC1Nc2c(CNCc3cnc[nH]3)cc([N+](=O)[O-])cc2NC1=O. The van der Waals surface area contributed by atoms with Crippen LogP contribution in [-0.2, 0) is 22.7 Å². The fraction of sp³-hybridized carbons (Fsp3) is 0.267. The average Bonchev–Trinajstić information content (AvgIpc) is 3.08. The fourth-order valence-corrected chi connectivity index (χ4v) is 2.69. The number of nitrogens with zero attached hydrogens (tertiary/aromatic N) is 2. The van der Waals surface area contributed by atoms with Crippen molar-refractivity contribution < 1.29 is 19.6 Å². The molecule has 11 heteroatoms. The van der Waals surface area contributed by atoms with E-state index in [1.54, 1.807) is 12.5 Å². The summed E-state index contributed by atoms with van der Waals surface area (Å²) in [6, 6.07) is 1.68. The number of nitro groups is 1. The summed E-state index contributed by atoms with van der Waals surface area (Å²) in [6.07, 6.45) is 2.79. The highest BCUT2D eigenvalue weighted by atomic mass is 16.6. The second-order valence-electron chi connectivity index (χ2n) is 5.75. The molecule has 1 aromatic carbocycles. The number of carboxylic acid groups (broad SMARTS) is 1. The average molecular weight is 360 g/mol. The number of hydrogen-bond acceptors (Lipinski definition) is 7. The number of hydrogen-bond donors (Lipinski definition) is 5. The number of nitrogens with one attached hydrogen (secondary N) is 4. The summed E-state index contributed by atoms with van der Waals surface area (Å²) in [4.78, 5) is 40.4. The van der Waals surface area contributed by atoms with Crippen LogP contribution in [0, 0.1) is 10.1 Å². The van der Waals surface area contributed by atoms with Gasteiger partial charge in [0.25, 0.3) is 5.69 Å². The number of carboxylic acids is 1. The molecule has 1 aromatic heterocycles. The molecule has 0 fully saturated rings. The first-order valence-corrected chi connectivity index (χ1v) is 7.72. The number of benzene rings is 1. The second kappa shape index (κ2) is 7.19. The van der Waals surface area contributed by atoms with Crippen LogP contribution < -0.4 is 16.0 Å². The lowest BCUT2D eigenvalue weighted by Crippen LogP contribution is -2.41. The van der Waals surface area contributed by atoms with Crippen molar-refractivity contribution in [3.05, 3.63) is 46.0 Å². The lowest BCUT2D eigenvalue weighted by atomic mass is 10.0. The van der Waals surface area contributed by atoms with Gasteiger partial charge < -0.3 is 26.0 Å². The molecule has 2 aromatic rings. The van der Waals surface area contributed by atoms with E-state index in [-0.39, 0.29) is 17.9 Å². The third-order valence-corrected chi connectivity index (χ3v) is 3.87. The maximum Gasteiger partial charge on any atom is 0.305 e. The third kappa shape index (κ3) is 3.78. The number of rotatable bonds is 7. The Hall–Kier alpha value is -3.47. The van der Waals surface area contributed by atoms with Gasteiger partial charge in [0.05, 0.1) is 29.0 Å². The van der Waals surface area contributed by atoms with Crippen molar-refractivity contribution in [1.82, 2.24) is 15.3 Å². The van der Waals surface area contributed by atoms with Crippen LogP contribution in [0.15, 0.2) is 24.7 Å². The van der Waals surface area contributed by atoms with Crippen molar-refractivity contribution in [2.45, 2.75) is 25.6 Å². The van der Waals surface area contributed by atoms with Crippen molar-refractivity contribution in [1.29, 1.82) is 0 Å². The first-order chi connectivity index (χ1) is 12.4. The van der Waals surface area contributed by atoms with Gasteiger partial charge in [-0.1, -0.05) is 0 Å². The number of aliphatic carboxylic acids is 1. The maximum atomic E-state index is 12.0. The van der Waals surface area contributed by atoms with Gasteiger partial charge in [-0.3, -0.25) is 19.7 Å². The molecule has 0 saturated heterocycles. The van der Waals surface area contributed by atoms with E-state index in [4.69, 9.17) is 5.11 Å². The minimum Gasteiger partial charge on any atom is -0.481 e. The molecule has 0 saturated carbocycles. The highest BCUT2D eigenvalue weighted by molar-refractivity contribution is 6.05. The molecule has 1 atom stereocenters. The second-order valence-corrected chi connectivity index (χ2v) is 5.75. The summed E-state index contributed by atoms with van der Waals surface area (Å²) in [5, 5.41) is 28.6. The topological polar surface area (TPSA) is 162 Å². The minimum atomic E-state index is -1.12. The van der Waals surface area contributed by atoms with Crippen molar-refractivity contribution in [2.75, 3.05) is 10.6 Å². The summed E-state index contributed by atoms with van der Waals surface area (Å²) in [5.41, 5.74) is 1.95. The number of fused-ring (bicyclic) bond motifs is 1. The molecule has 0 bridgehead atoms. The summed E-state index contributed by atoms with van der Waals surface area (Å²) in [6.45, 7) is 0.730. The Kier molecular flexibility index (Phi) is 4.80. The molecule has 0 aliphatic carbocycles. The van der Waals surface area contributed by atoms with Crippen LogP contribution in [0.3, 0.4) is 0 Å². The van der Waals surface area contributed by atoms with E-state index >= 15 is 0 Å². The predicted octanol–water partition coefficient (Wildman–Crippen LogP) is 0.815. The number of amides is 1. The quantitative estimate of drug-likeness (QED) is 0.358. The first kappa shape index (κ1) is 17.4. The third-order valence-electron chi connectivity index (χ3n) is 3.87. The Morgan fingerprint density at radius 3 is 2.85 bits per heavy atom. The van der Waals surface area contributed by atoms with Crippen LogP contribution in [-0.4, -0.2) is 37.9 Å². The van der Waals surface area contributed by atoms with E-state index in [1.165, 1.54) is 12.1 Å². The number of imidazole rings is 1. The number of nitro benzene ring substituents is 1. The van der Waals surface area contributed by atoms with Gasteiger partial charge in [-0.25, -0.2) is 4.98 Å². The van der Waals surface area contributed by atoms with Crippen molar-refractivity contribution >= 4 is 28.9 Å². The molecule has 5 N–H and O–H groups in total. The van der Waals surface area contributed by atoms with Crippen LogP contribution in [0.2, 0.25) is 0 Å². The number of aromatic nitrogens is 2. The molecule has 0 radical (unpaired) electrons. The van der Waals surface area contributed by atoms with Crippen molar-refractivity contribution in [3.8, 4) is 0 Å². The molecule has 1 aliphatic heterocycles. The Bertz CT molecular complexity index is 850. The normalized spacial score (nSPS) is 15.7. The molecule has 1 aliphatic rings. The summed E-state index contributed by atoms with van der Waals surface area (Å²) in [5.74, 6) is -1.67. The highest BCUT2D eigenvalue weighted by Gasteiger charge is 2.30. The van der Waals surface area contributed by atoms with Crippen LogP contribution >= 0.6 is 0 Å². The highest BCUT2D eigenvalue weighted by Crippen LogP contribution is 2.35. The standard InChI is InChI=1S/C15H16N6O5/c22-13(23)3-12-15(24)20-11-2-10(21(25)26)1-8(14(11)19-12)4-16-5-9-6-17-7-18-9/h1-2,6-7,12,16,19H,3-5H2,(H,17,18)(H,20,24)(H,22,23). The smallest absolute Gasteiger partial charge is 0.305 e. The van der Waals surface area contributed by atoms with Gasteiger partial charge in [-0.15, -0.1) is 0 Å². The number of non-ortho nitro benzene ring substituents is 1.